The van der Waals surface area contributed by atoms with E-state index in [2.05, 4.69) is 26.2 Å². The predicted octanol–water partition coefficient (Wildman–Crippen LogP) is 1.53. The number of hydrogen-bond donors (Lipinski definition) is 1. The number of pyridine rings is 1. The Morgan fingerprint density at radius 1 is 1.71 bits per heavy atom. The summed E-state index contributed by atoms with van der Waals surface area (Å²) < 4.78 is 0.766. The fourth-order valence-electron chi connectivity index (χ4n) is 2.17. The van der Waals surface area contributed by atoms with Gasteiger partial charge in [-0.2, -0.15) is 0 Å². The molecular weight excluding hydrogens is 282 g/mol. The second kappa shape index (κ2) is 5.60. The maximum Gasteiger partial charge on any atom is 0.273 e. The number of rotatable bonds is 3. The Hall–Kier alpha value is -0.940. The van der Waals surface area contributed by atoms with E-state index in [4.69, 9.17) is 0 Å². The summed E-state index contributed by atoms with van der Waals surface area (Å²) in [6.45, 7) is 2.62. The molecule has 4 nitrogen and oxygen atoms in total. The summed E-state index contributed by atoms with van der Waals surface area (Å²) in [6, 6.07) is 3.66. The van der Waals surface area contributed by atoms with Crippen LogP contribution in [0.4, 0.5) is 0 Å². The van der Waals surface area contributed by atoms with Crippen molar-refractivity contribution in [2.45, 2.75) is 6.42 Å². The molecule has 0 aromatic carbocycles. The molecule has 1 amide bonds. The Balaban J connectivity index is 2.05. The average molecular weight is 298 g/mol. The Bertz CT molecular complexity index is 410. The van der Waals surface area contributed by atoms with Crippen LogP contribution in [0.5, 0.6) is 0 Å². The van der Waals surface area contributed by atoms with Gasteiger partial charge < -0.3 is 10.2 Å². The lowest BCUT2D eigenvalue weighted by atomic mass is 10.1. The molecule has 2 heterocycles. The van der Waals surface area contributed by atoms with Crippen LogP contribution in [0, 0.1) is 5.92 Å². The van der Waals surface area contributed by atoms with E-state index >= 15 is 0 Å². The summed E-state index contributed by atoms with van der Waals surface area (Å²) in [7, 11) is 1.94. The Kier molecular flexibility index (Phi) is 4.12. The highest BCUT2D eigenvalue weighted by atomic mass is 79.9. The second-order valence-corrected chi connectivity index (χ2v) is 5.15. The van der Waals surface area contributed by atoms with Gasteiger partial charge in [0.1, 0.15) is 5.69 Å². The second-order valence-electron chi connectivity index (χ2n) is 4.30. The molecule has 0 bridgehead atoms. The summed E-state index contributed by atoms with van der Waals surface area (Å²) in [5, 5.41) is 3.16. The van der Waals surface area contributed by atoms with E-state index in [0.717, 1.165) is 30.5 Å². The average Bonchev–Trinajstić information content (AvgIpc) is 2.78. The van der Waals surface area contributed by atoms with Crippen LogP contribution in [0.2, 0.25) is 0 Å². The topological polar surface area (TPSA) is 45.2 Å². The highest BCUT2D eigenvalue weighted by Crippen LogP contribution is 2.21. The van der Waals surface area contributed by atoms with Gasteiger partial charge in [-0.25, -0.2) is 4.98 Å². The van der Waals surface area contributed by atoms with Crippen molar-refractivity contribution in [2.75, 3.05) is 26.7 Å². The molecule has 0 aliphatic carbocycles. The molecule has 1 saturated heterocycles. The summed E-state index contributed by atoms with van der Waals surface area (Å²) >= 11 is 3.37. The Morgan fingerprint density at radius 2 is 2.53 bits per heavy atom. The minimum Gasteiger partial charge on any atom is -0.337 e. The largest absolute Gasteiger partial charge is 0.337 e. The maximum absolute atomic E-state index is 12.2. The van der Waals surface area contributed by atoms with Gasteiger partial charge in [-0.1, -0.05) is 0 Å². The molecule has 1 aliphatic rings. The normalized spacial score (nSPS) is 19.6. The molecule has 2 rings (SSSR count). The zero-order chi connectivity index (χ0) is 12.3. The van der Waals surface area contributed by atoms with Gasteiger partial charge in [0.15, 0.2) is 0 Å². The van der Waals surface area contributed by atoms with Crippen molar-refractivity contribution in [2.24, 2.45) is 5.92 Å². The number of halogens is 1. The lowest BCUT2D eigenvalue weighted by Crippen LogP contribution is -2.31. The zero-order valence-electron chi connectivity index (χ0n) is 9.82. The van der Waals surface area contributed by atoms with Crippen LogP contribution in [0.3, 0.4) is 0 Å². The summed E-state index contributed by atoms with van der Waals surface area (Å²) in [5.74, 6) is 0.586. The molecule has 1 aromatic rings. The van der Waals surface area contributed by atoms with Crippen molar-refractivity contribution >= 4 is 21.8 Å². The molecular formula is C12H16BrN3O. The zero-order valence-corrected chi connectivity index (χ0v) is 11.4. The first kappa shape index (κ1) is 12.5. The van der Waals surface area contributed by atoms with Crippen LogP contribution < -0.4 is 5.32 Å². The molecule has 1 atom stereocenters. The monoisotopic (exact) mass is 297 g/mol. The maximum atomic E-state index is 12.2. The van der Waals surface area contributed by atoms with Gasteiger partial charge >= 0.3 is 0 Å². The number of likely N-dealkylation sites (tertiary alicyclic amines) is 1. The fraction of sp³-hybridized carbons (Fsp3) is 0.500. The van der Waals surface area contributed by atoms with E-state index < -0.39 is 0 Å². The first-order chi connectivity index (χ1) is 8.22. The Labute approximate surface area is 110 Å². The summed E-state index contributed by atoms with van der Waals surface area (Å²) in [6.07, 6.45) is 2.72. The first-order valence-electron chi connectivity index (χ1n) is 5.76. The van der Waals surface area contributed by atoms with Crippen molar-refractivity contribution in [3.8, 4) is 0 Å². The number of carbonyl (C=O) groups excluding carboxylic acids is 1. The first-order valence-corrected chi connectivity index (χ1v) is 6.56. The SMILES string of the molecule is CNCC1CCN(C(=O)c2ncccc2Br)C1. The van der Waals surface area contributed by atoms with Gasteiger partial charge in [0.25, 0.3) is 5.91 Å². The van der Waals surface area contributed by atoms with E-state index in [1.807, 2.05) is 24.1 Å². The lowest BCUT2D eigenvalue weighted by Gasteiger charge is -2.16. The van der Waals surface area contributed by atoms with Gasteiger partial charge in [-0.15, -0.1) is 0 Å². The highest BCUT2D eigenvalue weighted by molar-refractivity contribution is 9.10. The van der Waals surface area contributed by atoms with Crippen molar-refractivity contribution in [1.29, 1.82) is 0 Å². The third-order valence-corrected chi connectivity index (χ3v) is 3.67. The molecule has 0 spiro atoms. The predicted molar refractivity (Wildman–Crippen MR) is 69.9 cm³/mol. The van der Waals surface area contributed by atoms with Crippen molar-refractivity contribution in [1.82, 2.24) is 15.2 Å². The third-order valence-electron chi connectivity index (χ3n) is 3.03. The van der Waals surface area contributed by atoms with E-state index in [9.17, 15) is 4.79 Å². The minimum absolute atomic E-state index is 0.0241. The van der Waals surface area contributed by atoms with Crippen LogP contribution in [0.25, 0.3) is 0 Å². The molecule has 1 aliphatic heterocycles. The summed E-state index contributed by atoms with van der Waals surface area (Å²) in [5.41, 5.74) is 0.512. The molecule has 1 unspecified atom stereocenters. The molecule has 1 N–H and O–H groups in total. The van der Waals surface area contributed by atoms with Gasteiger partial charge in [0.2, 0.25) is 0 Å². The highest BCUT2D eigenvalue weighted by Gasteiger charge is 2.27. The summed E-state index contributed by atoms with van der Waals surface area (Å²) in [4.78, 5) is 18.3. The van der Waals surface area contributed by atoms with Gasteiger partial charge in [-0.05, 0) is 54.0 Å². The number of carbonyl (C=O) groups is 1. The van der Waals surface area contributed by atoms with Crippen LogP contribution in [-0.2, 0) is 0 Å². The number of nitrogens with one attached hydrogen (secondary N) is 1. The quantitative estimate of drug-likeness (QED) is 0.920. The number of hydrogen-bond acceptors (Lipinski definition) is 3. The van der Waals surface area contributed by atoms with Crippen molar-refractivity contribution in [3.05, 3.63) is 28.5 Å². The number of amides is 1. The van der Waals surface area contributed by atoms with Gasteiger partial charge in [0, 0.05) is 23.8 Å². The molecule has 0 saturated carbocycles. The number of nitrogens with zero attached hydrogens (tertiary/aromatic N) is 2. The number of aromatic nitrogens is 1. The van der Waals surface area contributed by atoms with Gasteiger partial charge in [-0.3, -0.25) is 4.79 Å². The minimum atomic E-state index is 0.0241. The molecule has 92 valence electrons. The van der Waals surface area contributed by atoms with Crippen LogP contribution in [-0.4, -0.2) is 42.5 Å². The van der Waals surface area contributed by atoms with E-state index in [1.165, 1.54) is 0 Å². The van der Waals surface area contributed by atoms with E-state index in [-0.39, 0.29) is 5.91 Å². The van der Waals surface area contributed by atoms with Crippen LogP contribution in [0.15, 0.2) is 22.8 Å². The Morgan fingerprint density at radius 3 is 3.24 bits per heavy atom. The third kappa shape index (κ3) is 2.84. The van der Waals surface area contributed by atoms with Crippen LogP contribution >= 0.6 is 15.9 Å². The molecule has 1 aromatic heterocycles. The van der Waals surface area contributed by atoms with Gasteiger partial charge in [0.05, 0.1) is 0 Å². The van der Waals surface area contributed by atoms with E-state index in [0.29, 0.717) is 11.6 Å². The molecule has 5 heteroatoms. The fourth-order valence-corrected chi connectivity index (χ4v) is 2.59. The van der Waals surface area contributed by atoms with Crippen molar-refractivity contribution < 1.29 is 4.79 Å². The molecule has 1 fully saturated rings. The molecule has 17 heavy (non-hydrogen) atoms. The van der Waals surface area contributed by atoms with Crippen LogP contribution in [0.1, 0.15) is 16.9 Å². The lowest BCUT2D eigenvalue weighted by molar-refractivity contribution is 0.0780. The smallest absolute Gasteiger partial charge is 0.273 e. The standard InChI is InChI=1S/C12H16BrN3O/c1-14-7-9-4-6-16(8-9)12(17)11-10(13)3-2-5-15-11/h2-3,5,9,14H,4,6-8H2,1H3. The van der Waals surface area contributed by atoms with Crippen molar-refractivity contribution in [3.63, 3.8) is 0 Å². The van der Waals surface area contributed by atoms with E-state index in [1.54, 1.807) is 6.20 Å². The molecule has 0 radical (unpaired) electrons.